The summed E-state index contributed by atoms with van der Waals surface area (Å²) in [6, 6.07) is 12.5. The van der Waals surface area contributed by atoms with Crippen LogP contribution in [0.1, 0.15) is 57.8 Å². The first-order valence-electron chi connectivity index (χ1n) is 8.32. The van der Waals surface area contributed by atoms with Crippen molar-refractivity contribution in [1.29, 1.82) is 0 Å². The number of allylic oxidation sites excluding steroid dienone is 4. The fraction of sp³-hybridized carbons (Fsp3) is 0.409. The standard InChI is InChI=1S/C8H12.C6H5.C5H10.3CO.Pt.W/c1-2-4-6-8-7-5-3-1;1-2-4-6-5-3-1;1-2-4-5-3-1;3*1-2;;/h1-2,7-8H,3-6H2;1-5H;1-5H2;;;;;/q;-1;;;;;;/b2-1-,8-7-;;;;;;;. The van der Waals surface area contributed by atoms with E-state index in [0.29, 0.717) is 0 Å². The van der Waals surface area contributed by atoms with Crippen LogP contribution in [-0.2, 0) is 56.1 Å². The molecular formula is C22H27O3PtW-. The Kier molecular flexibility index (Phi) is 61.3. The Bertz CT molecular complexity index is 375. The van der Waals surface area contributed by atoms with E-state index >= 15 is 0 Å². The van der Waals surface area contributed by atoms with Crippen molar-refractivity contribution in [1.82, 2.24) is 0 Å². The maximum absolute atomic E-state index is 7.50. The molecule has 1 saturated carbocycles. The topological polar surface area (TPSA) is 59.7 Å². The Hall–Kier alpha value is -0.703. The molecule has 0 saturated heterocycles. The molecule has 150 valence electrons. The molecule has 27 heavy (non-hydrogen) atoms. The van der Waals surface area contributed by atoms with Gasteiger partial charge in [-0.3, -0.25) is 0 Å². The van der Waals surface area contributed by atoms with Crippen molar-refractivity contribution < 1.29 is 56.1 Å². The third kappa shape index (κ3) is 41.0. The van der Waals surface area contributed by atoms with Gasteiger partial charge in [-0.25, -0.2) is 0 Å². The van der Waals surface area contributed by atoms with Crippen LogP contribution < -0.4 is 0 Å². The second kappa shape index (κ2) is 44.6. The van der Waals surface area contributed by atoms with Gasteiger partial charge < -0.3 is 0 Å². The van der Waals surface area contributed by atoms with Crippen LogP contribution in [-0.4, -0.2) is 0 Å². The van der Waals surface area contributed by atoms with Gasteiger partial charge in [0.2, 0.25) is 0 Å². The largest absolute Gasteiger partial charge is 0.184 e. The number of rotatable bonds is 0. The van der Waals surface area contributed by atoms with E-state index in [1.54, 1.807) is 0 Å². The van der Waals surface area contributed by atoms with Gasteiger partial charge in [-0.15, -0.1) is 0 Å². The van der Waals surface area contributed by atoms with Crippen molar-refractivity contribution in [3.8, 4) is 0 Å². The summed E-state index contributed by atoms with van der Waals surface area (Å²) >= 11 is 0. The molecule has 1 fully saturated rings. The molecule has 0 spiro atoms. The summed E-state index contributed by atoms with van der Waals surface area (Å²) < 4.78 is 22.5. The molecule has 0 atom stereocenters. The van der Waals surface area contributed by atoms with E-state index in [9.17, 15) is 0 Å². The zero-order valence-corrected chi connectivity index (χ0v) is 20.7. The molecule has 3 rings (SSSR count). The minimum absolute atomic E-state index is 0. The van der Waals surface area contributed by atoms with Crippen molar-refractivity contribution in [2.75, 3.05) is 0 Å². The molecule has 0 N–H and O–H groups in total. The van der Waals surface area contributed by atoms with Gasteiger partial charge in [0.25, 0.3) is 0 Å². The minimum atomic E-state index is 0. The molecule has 3 nitrogen and oxygen atoms in total. The van der Waals surface area contributed by atoms with Crippen LogP contribution in [0.2, 0.25) is 0 Å². The molecule has 0 radical (unpaired) electrons. The molecule has 0 aliphatic heterocycles. The van der Waals surface area contributed by atoms with Crippen LogP contribution in [0, 0.1) is 26.0 Å². The zero-order valence-electron chi connectivity index (χ0n) is 15.5. The maximum atomic E-state index is 7.50. The van der Waals surface area contributed by atoms with E-state index in [4.69, 9.17) is 14.0 Å². The molecule has 0 unspecified atom stereocenters. The molecule has 0 aromatic heterocycles. The normalized spacial score (nSPS) is 14.7. The molecule has 2 aliphatic carbocycles. The van der Waals surface area contributed by atoms with Gasteiger partial charge in [0.05, 0.1) is 0 Å². The predicted molar refractivity (Wildman–Crippen MR) is 96.9 cm³/mol. The summed E-state index contributed by atoms with van der Waals surface area (Å²) in [6.07, 6.45) is 21.5. The van der Waals surface area contributed by atoms with Crippen LogP contribution in [0.5, 0.6) is 0 Å². The van der Waals surface area contributed by atoms with Crippen LogP contribution in [0.4, 0.5) is 0 Å². The van der Waals surface area contributed by atoms with E-state index in [-0.39, 0.29) is 42.1 Å². The number of hydrogen-bond acceptors (Lipinski definition) is 0. The van der Waals surface area contributed by atoms with Crippen molar-refractivity contribution in [3.05, 3.63) is 80.7 Å². The summed E-state index contributed by atoms with van der Waals surface area (Å²) in [6.45, 7) is 13.5. The Balaban J connectivity index is -0.0000000773. The maximum Gasteiger partial charge on any atom is 0 e. The van der Waals surface area contributed by atoms with Crippen LogP contribution in [0.25, 0.3) is 0 Å². The fourth-order valence-electron chi connectivity index (χ4n) is 2.08. The fourth-order valence-corrected chi connectivity index (χ4v) is 2.08. The molecule has 0 bridgehead atoms. The summed E-state index contributed by atoms with van der Waals surface area (Å²) in [5, 5.41) is 0. The Morgan fingerprint density at radius 2 is 0.778 bits per heavy atom. The average Bonchev–Trinajstić information content (AvgIpc) is 3.28. The van der Waals surface area contributed by atoms with E-state index in [2.05, 4.69) is 50.3 Å². The first-order chi connectivity index (χ1) is 12.5. The molecule has 0 heterocycles. The van der Waals surface area contributed by atoms with E-state index in [1.165, 1.54) is 57.8 Å². The van der Waals surface area contributed by atoms with E-state index < -0.39 is 0 Å². The van der Waals surface area contributed by atoms with Gasteiger partial charge in [0.1, 0.15) is 0 Å². The van der Waals surface area contributed by atoms with Gasteiger partial charge >= 0.3 is 33.9 Å². The minimum Gasteiger partial charge on any atom is -0.184 e. The third-order valence-corrected chi connectivity index (χ3v) is 3.19. The Labute approximate surface area is 193 Å². The SMILES string of the molecule is C1=C\CC/C=C\CC/1.C1CCCC1.[C-]#[O+].[C-]#[O+].[C-]#[O+].[Pt].[W].[c-]1ccccc1. The molecule has 5 heteroatoms. The van der Waals surface area contributed by atoms with Gasteiger partial charge in [-0.2, -0.15) is 36.4 Å². The molecular weight excluding hydrogens is 691 g/mol. The van der Waals surface area contributed by atoms with Crippen molar-refractivity contribution in [3.63, 3.8) is 0 Å². The van der Waals surface area contributed by atoms with Crippen LogP contribution in [0.3, 0.4) is 0 Å². The number of hydrogen-bond donors (Lipinski definition) is 0. The summed E-state index contributed by atoms with van der Waals surface area (Å²) in [5.74, 6) is 0. The van der Waals surface area contributed by atoms with Crippen LogP contribution in [0.15, 0.2) is 54.6 Å². The molecule has 1 aromatic carbocycles. The van der Waals surface area contributed by atoms with Crippen LogP contribution >= 0.6 is 0 Å². The second-order valence-electron chi connectivity index (χ2n) is 4.94. The second-order valence-corrected chi connectivity index (χ2v) is 4.94. The molecule has 0 amide bonds. The monoisotopic (exact) mass is 718 g/mol. The first kappa shape index (κ1) is 37.1. The van der Waals surface area contributed by atoms with Crippen molar-refractivity contribution >= 4 is 0 Å². The van der Waals surface area contributed by atoms with Gasteiger partial charge in [-0.1, -0.05) is 56.4 Å². The molecule has 2 aliphatic rings. The summed E-state index contributed by atoms with van der Waals surface area (Å²) in [5.41, 5.74) is 0. The van der Waals surface area contributed by atoms with E-state index in [1.807, 2.05) is 30.3 Å². The number of benzene rings is 1. The Morgan fingerprint density at radius 3 is 0.926 bits per heavy atom. The summed E-state index contributed by atoms with van der Waals surface area (Å²) in [7, 11) is 0. The quantitative estimate of drug-likeness (QED) is 0.180. The van der Waals surface area contributed by atoms with Gasteiger partial charge in [-0.05, 0) is 25.7 Å². The summed E-state index contributed by atoms with van der Waals surface area (Å²) in [4.78, 5) is 0. The van der Waals surface area contributed by atoms with Gasteiger partial charge in [0, 0.05) is 42.1 Å². The smallest absolute Gasteiger partial charge is 0 e. The first-order valence-corrected chi connectivity index (χ1v) is 8.32. The predicted octanol–water partition coefficient (Wildman–Crippen LogP) is 5.99. The van der Waals surface area contributed by atoms with Gasteiger partial charge in [0.15, 0.2) is 0 Å². The van der Waals surface area contributed by atoms with Crippen molar-refractivity contribution in [2.45, 2.75) is 57.8 Å². The Morgan fingerprint density at radius 1 is 0.519 bits per heavy atom. The molecule has 1 aromatic rings. The third-order valence-electron chi connectivity index (χ3n) is 3.19. The van der Waals surface area contributed by atoms with Crippen molar-refractivity contribution in [2.24, 2.45) is 0 Å². The van der Waals surface area contributed by atoms with E-state index in [0.717, 1.165) is 0 Å². The average molecular weight is 718 g/mol. The zero-order chi connectivity index (χ0) is 19.4.